The molecule has 1 nitrogen and oxygen atoms in total. The van der Waals surface area contributed by atoms with Crippen LogP contribution in [0.25, 0.3) is 0 Å². The van der Waals surface area contributed by atoms with Crippen LogP contribution < -0.4 is 0 Å². The summed E-state index contributed by atoms with van der Waals surface area (Å²) in [5.74, 6) is 1.63. The van der Waals surface area contributed by atoms with E-state index in [1.807, 2.05) is 0 Å². The Labute approximate surface area is 114 Å². The summed E-state index contributed by atoms with van der Waals surface area (Å²) in [4.78, 5) is 2.63. The molecule has 0 spiro atoms. The number of nitrogens with zero attached hydrogens (tertiary/aromatic N) is 1. The van der Waals surface area contributed by atoms with Crippen molar-refractivity contribution in [1.29, 1.82) is 0 Å². The first kappa shape index (κ1) is 11.2. The van der Waals surface area contributed by atoms with Crippen LogP contribution >= 0.6 is 0 Å². The Morgan fingerprint density at radius 1 is 0.895 bits per heavy atom. The number of likely N-dealkylation sites (tertiary alicyclic amines) is 1. The predicted molar refractivity (Wildman–Crippen MR) is 78.1 cm³/mol. The van der Waals surface area contributed by atoms with Gasteiger partial charge in [-0.25, -0.2) is 0 Å². The summed E-state index contributed by atoms with van der Waals surface area (Å²) in [5.41, 5.74) is 4.65. The standard InChI is InChI=1S/C18H19N/c1-2-6-14(7-3-1)11-19-12-16-10-15-8-4-5-9-17(15)18(16)13-19/h1-9,16,18H,10-13H2. The van der Waals surface area contributed by atoms with Crippen LogP contribution in [0.4, 0.5) is 0 Å². The molecule has 96 valence electrons. The fourth-order valence-electron chi connectivity index (χ4n) is 3.85. The van der Waals surface area contributed by atoms with Gasteiger partial charge >= 0.3 is 0 Å². The smallest absolute Gasteiger partial charge is 0.0234 e. The molecule has 0 aromatic heterocycles. The molecule has 2 unspecified atom stereocenters. The summed E-state index contributed by atoms with van der Waals surface area (Å²) in [6.07, 6.45) is 1.28. The Balaban J connectivity index is 1.51. The largest absolute Gasteiger partial charge is 0.298 e. The Morgan fingerprint density at radius 3 is 2.58 bits per heavy atom. The highest BCUT2D eigenvalue weighted by atomic mass is 15.2. The molecule has 4 rings (SSSR count). The van der Waals surface area contributed by atoms with Gasteiger partial charge in [-0.1, -0.05) is 54.6 Å². The summed E-state index contributed by atoms with van der Waals surface area (Å²) in [5, 5.41) is 0. The molecule has 1 saturated heterocycles. The normalized spacial score (nSPS) is 25.3. The fourth-order valence-corrected chi connectivity index (χ4v) is 3.85. The van der Waals surface area contributed by atoms with Crippen LogP contribution in [0, 0.1) is 5.92 Å². The molecule has 1 aliphatic carbocycles. The number of benzene rings is 2. The maximum atomic E-state index is 2.63. The lowest BCUT2D eigenvalue weighted by atomic mass is 9.97. The van der Waals surface area contributed by atoms with Gasteiger partial charge in [0.1, 0.15) is 0 Å². The first-order valence-electron chi connectivity index (χ1n) is 7.24. The number of fused-ring (bicyclic) bond motifs is 3. The number of hydrogen-bond donors (Lipinski definition) is 0. The second-order valence-electron chi connectivity index (χ2n) is 5.95. The highest BCUT2D eigenvalue weighted by Gasteiger charge is 2.39. The topological polar surface area (TPSA) is 3.24 Å². The van der Waals surface area contributed by atoms with Gasteiger partial charge in [0.15, 0.2) is 0 Å². The van der Waals surface area contributed by atoms with Gasteiger partial charge in [-0.05, 0) is 29.0 Å². The van der Waals surface area contributed by atoms with Crippen LogP contribution in [0.3, 0.4) is 0 Å². The molecule has 0 amide bonds. The molecule has 1 fully saturated rings. The third kappa shape index (κ3) is 1.98. The number of rotatable bonds is 2. The van der Waals surface area contributed by atoms with E-state index in [0.717, 1.165) is 18.4 Å². The lowest BCUT2D eigenvalue weighted by molar-refractivity contribution is 0.314. The zero-order chi connectivity index (χ0) is 12.7. The van der Waals surface area contributed by atoms with Crippen molar-refractivity contribution in [3.63, 3.8) is 0 Å². The van der Waals surface area contributed by atoms with Crippen LogP contribution in [0.1, 0.15) is 22.6 Å². The lowest BCUT2D eigenvalue weighted by Gasteiger charge is -2.17. The molecule has 2 aliphatic rings. The summed E-state index contributed by atoms with van der Waals surface area (Å²) < 4.78 is 0. The minimum Gasteiger partial charge on any atom is -0.298 e. The van der Waals surface area contributed by atoms with Gasteiger partial charge in [-0.15, -0.1) is 0 Å². The van der Waals surface area contributed by atoms with E-state index >= 15 is 0 Å². The summed E-state index contributed by atoms with van der Waals surface area (Å²) >= 11 is 0. The molecular formula is C18H19N. The lowest BCUT2D eigenvalue weighted by Crippen LogP contribution is -2.21. The monoisotopic (exact) mass is 249 g/mol. The van der Waals surface area contributed by atoms with E-state index in [1.54, 1.807) is 11.1 Å². The Kier molecular flexibility index (Phi) is 2.66. The van der Waals surface area contributed by atoms with Gasteiger partial charge in [0.2, 0.25) is 0 Å². The molecule has 1 aliphatic heterocycles. The zero-order valence-corrected chi connectivity index (χ0v) is 11.1. The van der Waals surface area contributed by atoms with E-state index in [-0.39, 0.29) is 0 Å². The van der Waals surface area contributed by atoms with Gasteiger partial charge < -0.3 is 0 Å². The van der Waals surface area contributed by atoms with E-state index in [1.165, 1.54) is 25.1 Å². The van der Waals surface area contributed by atoms with Crippen molar-refractivity contribution in [3.8, 4) is 0 Å². The van der Waals surface area contributed by atoms with Crippen molar-refractivity contribution in [3.05, 3.63) is 71.3 Å². The van der Waals surface area contributed by atoms with Crippen LogP contribution in [-0.4, -0.2) is 18.0 Å². The summed E-state index contributed by atoms with van der Waals surface area (Å²) in [7, 11) is 0. The SMILES string of the molecule is c1ccc(CN2CC3Cc4ccccc4C3C2)cc1. The quantitative estimate of drug-likeness (QED) is 0.788. The first-order chi connectivity index (χ1) is 9.40. The van der Waals surface area contributed by atoms with E-state index in [4.69, 9.17) is 0 Å². The third-order valence-electron chi connectivity index (χ3n) is 4.70. The van der Waals surface area contributed by atoms with Gasteiger partial charge in [0.25, 0.3) is 0 Å². The fraction of sp³-hybridized carbons (Fsp3) is 0.333. The van der Waals surface area contributed by atoms with Crippen molar-refractivity contribution in [2.24, 2.45) is 5.92 Å². The number of hydrogen-bond acceptors (Lipinski definition) is 1. The highest BCUT2D eigenvalue weighted by molar-refractivity contribution is 5.37. The summed E-state index contributed by atoms with van der Waals surface area (Å²) in [6, 6.07) is 19.9. The third-order valence-corrected chi connectivity index (χ3v) is 4.70. The molecule has 1 heteroatoms. The first-order valence-corrected chi connectivity index (χ1v) is 7.24. The maximum absolute atomic E-state index is 2.63. The van der Waals surface area contributed by atoms with Gasteiger partial charge in [-0.3, -0.25) is 4.90 Å². The highest BCUT2D eigenvalue weighted by Crippen LogP contribution is 2.43. The molecule has 2 aromatic carbocycles. The second kappa shape index (κ2) is 4.50. The van der Waals surface area contributed by atoms with Gasteiger partial charge in [0, 0.05) is 25.6 Å². The molecule has 2 atom stereocenters. The van der Waals surface area contributed by atoms with Crippen molar-refractivity contribution >= 4 is 0 Å². The molecule has 0 radical (unpaired) electrons. The van der Waals surface area contributed by atoms with Crippen LogP contribution in [0.15, 0.2) is 54.6 Å². The van der Waals surface area contributed by atoms with E-state index in [0.29, 0.717) is 0 Å². The Bertz CT molecular complexity index is 575. The van der Waals surface area contributed by atoms with Crippen molar-refractivity contribution in [2.75, 3.05) is 13.1 Å². The minimum absolute atomic E-state index is 0.778. The Hall–Kier alpha value is -1.60. The average Bonchev–Trinajstić information content (AvgIpc) is 2.97. The zero-order valence-electron chi connectivity index (χ0n) is 11.1. The van der Waals surface area contributed by atoms with E-state index < -0.39 is 0 Å². The minimum atomic E-state index is 0.778. The van der Waals surface area contributed by atoms with Crippen LogP contribution in [0.5, 0.6) is 0 Å². The van der Waals surface area contributed by atoms with Crippen molar-refractivity contribution in [1.82, 2.24) is 4.90 Å². The second-order valence-corrected chi connectivity index (χ2v) is 5.95. The summed E-state index contributed by atoms with van der Waals surface area (Å²) in [6.45, 7) is 3.60. The maximum Gasteiger partial charge on any atom is 0.0234 e. The van der Waals surface area contributed by atoms with Crippen LogP contribution in [-0.2, 0) is 13.0 Å². The van der Waals surface area contributed by atoms with Gasteiger partial charge in [-0.2, -0.15) is 0 Å². The molecule has 1 heterocycles. The average molecular weight is 249 g/mol. The molecule has 2 aromatic rings. The van der Waals surface area contributed by atoms with E-state index in [9.17, 15) is 0 Å². The molecule has 0 saturated carbocycles. The Morgan fingerprint density at radius 2 is 1.68 bits per heavy atom. The molecule has 0 bridgehead atoms. The molecule has 0 N–H and O–H groups in total. The van der Waals surface area contributed by atoms with Crippen molar-refractivity contribution in [2.45, 2.75) is 18.9 Å². The van der Waals surface area contributed by atoms with Crippen molar-refractivity contribution < 1.29 is 0 Å². The van der Waals surface area contributed by atoms with Crippen LogP contribution in [0.2, 0.25) is 0 Å². The van der Waals surface area contributed by atoms with Gasteiger partial charge in [0.05, 0.1) is 0 Å². The predicted octanol–water partition coefficient (Wildman–Crippen LogP) is 3.46. The van der Waals surface area contributed by atoms with E-state index in [2.05, 4.69) is 59.5 Å². The molecular weight excluding hydrogens is 230 g/mol. The molecule has 19 heavy (non-hydrogen) atoms.